The zero-order chi connectivity index (χ0) is 18.5. The summed E-state index contributed by atoms with van der Waals surface area (Å²) < 4.78 is 0. The first kappa shape index (κ1) is 17.0. The van der Waals surface area contributed by atoms with Crippen LogP contribution in [0.3, 0.4) is 0 Å². The van der Waals surface area contributed by atoms with Gasteiger partial charge in [0.15, 0.2) is 0 Å². The van der Waals surface area contributed by atoms with E-state index in [0.717, 1.165) is 11.4 Å². The van der Waals surface area contributed by atoms with Crippen molar-refractivity contribution in [1.82, 2.24) is 4.98 Å². The fraction of sp³-hybridized carbons (Fsp3) is 0.0800. The van der Waals surface area contributed by atoms with E-state index in [1.165, 1.54) is 16.7 Å². The summed E-state index contributed by atoms with van der Waals surface area (Å²) in [5.41, 5.74) is 4.12. The number of rotatable bonds is 5. The summed E-state index contributed by atoms with van der Waals surface area (Å²) in [4.78, 5) is 4.63. The molecule has 4 rings (SSSR count). The summed E-state index contributed by atoms with van der Waals surface area (Å²) in [5, 5.41) is 3.76. The monoisotopic (exact) mass is 350 g/mol. The van der Waals surface area contributed by atoms with Crippen molar-refractivity contribution in [2.24, 2.45) is 0 Å². The molecule has 2 nitrogen and oxygen atoms in total. The molecule has 1 heterocycles. The van der Waals surface area contributed by atoms with Crippen LogP contribution < -0.4 is 5.32 Å². The highest BCUT2D eigenvalue weighted by atomic mass is 15.1. The van der Waals surface area contributed by atoms with E-state index in [1.54, 1.807) is 0 Å². The maximum absolute atomic E-state index is 4.63. The molecule has 132 valence electrons. The summed E-state index contributed by atoms with van der Waals surface area (Å²) >= 11 is 0. The van der Waals surface area contributed by atoms with Crippen molar-refractivity contribution in [2.75, 3.05) is 5.32 Å². The fourth-order valence-corrected chi connectivity index (χ4v) is 3.51. The summed E-state index contributed by atoms with van der Waals surface area (Å²) in [6.45, 7) is 2.05. The fourth-order valence-electron chi connectivity index (χ4n) is 3.51. The van der Waals surface area contributed by atoms with Crippen LogP contribution >= 0.6 is 0 Å². The Kier molecular flexibility index (Phi) is 4.71. The normalized spacial score (nSPS) is 11.1. The summed E-state index contributed by atoms with van der Waals surface area (Å²) in [6, 6.07) is 35.8. The zero-order valence-electron chi connectivity index (χ0n) is 15.3. The van der Waals surface area contributed by atoms with E-state index >= 15 is 0 Å². The molecule has 0 unspecified atom stereocenters. The van der Waals surface area contributed by atoms with E-state index in [2.05, 4.69) is 96.1 Å². The smallest absolute Gasteiger partial charge is 0.127 e. The highest BCUT2D eigenvalue weighted by Crippen LogP contribution is 2.39. The van der Waals surface area contributed by atoms with Gasteiger partial charge in [0.2, 0.25) is 0 Å². The van der Waals surface area contributed by atoms with Gasteiger partial charge in [-0.25, -0.2) is 4.98 Å². The van der Waals surface area contributed by atoms with Gasteiger partial charge in [0.25, 0.3) is 0 Å². The van der Waals surface area contributed by atoms with Gasteiger partial charge >= 0.3 is 0 Å². The Morgan fingerprint density at radius 3 is 1.41 bits per heavy atom. The zero-order valence-corrected chi connectivity index (χ0v) is 15.3. The molecule has 0 amide bonds. The molecular weight excluding hydrogens is 328 g/mol. The highest BCUT2D eigenvalue weighted by Gasteiger charge is 2.36. The molecule has 27 heavy (non-hydrogen) atoms. The first-order valence-electron chi connectivity index (χ1n) is 9.16. The average molecular weight is 350 g/mol. The van der Waals surface area contributed by atoms with Crippen molar-refractivity contribution < 1.29 is 0 Å². The first-order valence-corrected chi connectivity index (χ1v) is 9.16. The van der Waals surface area contributed by atoms with Gasteiger partial charge in [0.05, 0.1) is 0 Å². The van der Waals surface area contributed by atoms with E-state index in [0.29, 0.717) is 0 Å². The second-order valence-electron chi connectivity index (χ2n) is 6.69. The Hall–Kier alpha value is -3.39. The van der Waals surface area contributed by atoms with Crippen LogP contribution in [0.1, 0.15) is 22.3 Å². The number of hydrogen-bond donors (Lipinski definition) is 1. The third-order valence-electron chi connectivity index (χ3n) is 4.85. The van der Waals surface area contributed by atoms with E-state index in [1.807, 2.05) is 30.5 Å². The topological polar surface area (TPSA) is 24.9 Å². The molecule has 0 atom stereocenters. The second-order valence-corrected chi connectivity index (χ2v) is 6.69. The van der Waals surface area contributed by atoms with Crippen molar-refractivity contribution >= 4 is 5.82 Å². The summed E-state index contributed by atoms with van der Waals surface area (Å²) in [6.07, 6.45) is 1.90. The van der Waals surface area contributed by atoms with Crippen molar-refractivity contribution in [3.05, 3.63) is 132 Å². The second kappa shape index (κ2) is 7.46. The molecule has 1 aromatic heterocycles. The number of benzene rings is 3. The lowest BCUT2D eigenvalue weighted by atomic mass is 9.77. The van der Waals surface area contributed by atoms with Gasteiger partial charge in [-0.1, -0.05) is 97.1 Å². The lowest BCUT2D eigenvalue weighted by molar-refractivity contribution is 0.706. The molecule has 0 fully saturated rings. The number of aryl methyl sites for hydroxylation is 1. The predicted octanol–water partition coefficient (Wildman–Crippen LogP) is 5.79. The Labute approximate surface area is 160 Å². The molecule has 0 aliphatic carbocycles. The molecule has 0 saturated heterocycles. The molecule has 0 aliphatic rings. The van der Waals surface area contributed by atoms with Gasteiger partial charge < -0.3 is 5.32 Å². The number of hydrogen-bond acceptors (Lipinski definition) is 2. The highest BCUT2D eigenvalue weighted by molar-refractivity contribution is 5.58. The van der Waals surface area contributed by atoms with Gasteiger partial charge in [0, 0.05) is 6.20 Å². The molecule has 0 spiro atoms. The molecule has 0 bridgehead atoms. The van der Waals surface area contributed by atoms with Crippen molar-refractivity contribution in [2.45, 2.75) is 12.5 Å². The molecule has 3 aromatic carbocycles. The summed E-state index contributed by atoms with van der Waals surface area (Å²) in [5.74, 6) is 0.845. The van der Waals surface area contributed by atoms with Crippen LogP contribution in [-0.2, 0) is 5.54 Å². The summed E-state index contributed by atoms with van der Waals surface area (Å²) in [7, 11) is 0. The quantitative estimate of drug-likeness (QED) is 0.461. The van der Waals surface area contributed by atoms with Crippen LogP contribution in [0.2, 0.25) is 0 Å². The van der Waals surface area contributed by atoms with Crippen molar-refractivity contribution in [3.8, 4) is 0 Å². The number of pyridine rings is 1. The van der Waals surface area contributed by atoms with Gasteiger partial charge in [-0.3, -0.25) is 0 Å². The molecule has 0 radical (unpaired) electrons. The molecule has 0 saturated carbocycles. The van der Waals surface area contributed by atoms with Crippen LogP contribution in [0.15, 0.2) is 109 Å². The van der Waals surface area contributed by atoms with Gasteiger partial charge in [-0.05, 0) is 35.2 Å². The minimum Gasteiger partial charge on any atom is -0.353 e. The van der Waals surface area contributed by atoms with E-state index < -0.39 is 5.54 Å². The minimum absolute atomic E-state index is 0.536. The largest absolute Gasteiger partial charge is 0.353 e. The molecule has 0 aliphatic heterocycles. The number of anilines is 1. The SMILES string of the molecule is Cc1ccc(NC(c2ccccc2)(c2ccccc2)c2ccccc2)nc1. The standard InChI is InChI=1S/C25H22N2/c1-20-17-18-24(26-19-20)27-25(21-11-5-2-6-12-21,22-13-7-3-8-14-22)23-15-9-4-10-16-23/h2-19H,1H3,(H,26,27). The third kappa shape index (κ3) is 3.34. The Morgan fingerprint density at radius 1 is 0.593 bits per heavy atom. The van der Waals surface area contributed by atoms with Crippen LogP contribution in [0.5, 0.6) is 0 Å². The number of aromatic nitrogens is 1. The Bertz CT molecular complexity index is 882. The van der Waals surface area contributed by atoms with E-state index in [-0.39, 0.29) is 0 Å². The van der Waals surface area contributed by atoms with Crippen LogP contribution in [0.4, 0.5) is 5.82 Å². The number of nitrogens with zero attached hydrogens (tertiary/aromatic N) is 1. The minimum atomic E-state index is -0.536. The predicted molar refractivity (Wildman–Crippen MR) is 112 cm³/mol. The van der Waals surface area contributed by atoms with Crippen LogP contribution in [0, 0.1) is 6.92 Å². The Morgan fingerprint density at radius 2 is 1.04 bits per heavy atom. The molecule has 1 N–H and O–H groups in total. The van der Waals surface area contributed by atoms with E-state index in [9.17, 15) is 0 Å². The lowest BCUT2D eigenvalue weighted by Crippen LogP contribution is -2.38. The maximum Gasteiger partial charge on any atom is 0.127 e. The van der Waals surface area contributed by atoms with Gasteiger partial charge in [-0.2, -0.15) is 0 Å². The maximum atomic E-state index is 4.63. The molecule has 4 aromatic rings. The molecular formula is C25H22N2. The van der Waals surface area contributed by atoms with Gasteiger partial charge in [-0.15, -0.1) is 0 Å². The van der Waals surface area contributed by atoms with Gasteiger partial charge in [0.1, 0.15) is 11.4 Å². The van der Waals surface area contributed by atoms with Crippen molar-refractivity contribution in [3.63, 3.8) is 0 Å². The Balaban J connectivity index is 1.98. The van der Waals surface area contributed by atoms with Crippen LogP contribution in [-0.4, -0.2) is 4.98 Å². The van der Waals surface area contributed by atoms with E-state index in [4.69, 9.17) is 0 Å². The average Bonchev–Trinajstić information content (AvgIpc) is 2.75. The lowest BCUT2D eigenvalue weighted by Gasteiger charge is -2.37. The van der Waals surface area contributed by atoms with Crippen LogP contribution in [0.25, 0.3) is 0 Å². The first-order chi connectivity index (χ1) is 13.3. The molecule has 2 heteroatoms. The third-order valence-corrected chi connectivity index (χ3v) is 4.85. The number of nitrogens with one attached hydrogen (secondary N) is 1. The van der Waals surface area contributed by atoms with Crippen molar-refractivity contribution in [1.29, 1.82) is 0 Å².